The molecule has 0 bridgehead atoms. The van der Waals surface area contributed by atoms with Crippen LogP contribution in [0, 0.1) is 0 Å². The van der Waals surface area contributed by atoms with Gasteiger partial charge in [0.1, 0.15) is 5.75 Å². The minimum absolute atomic E-state index is 0.287. The zero-order valence-corrected chi connectivity index (χ0v) is 14.7. The molecule has 0 aliphatic carbocycles. The molecule has 0 radical (unpaired) electrons. The summed E-state index contributed by atoms with van der Waals surface area (Å²) in [4.78, 5) is 9.19. The second-order valence-electron chi connectivity index (χ2n) is 5.76. The van der Waals surface area contributed by atoms with Crippen molar-refractivity contribution in [1.82, 2.24) is 9.55 Å². The highest BCUT2D eigenvalue weighted by Crippen LogP contribution is 2.41. The standard InChI is InChI=1S/C18H19N5O3/c1-24-13-9-15(26-3)14(25-2)8-10(13)16-21-17(19)22-18-20-11-6-4-5-7-12(11)23(16)18/h4-9,16H,1-3H3,(H3,19,20,21,22). The Kier molecular flexibility index (Phi) is 3.80. The van der Waals surface area contributed by atoms with Gasteiger partial charge in [-0.15, -0.1) is 0 Å². The van der Waals surface area contributed by atoms with E-state index in [2.05, 4.69) is 15.3 Å². The van der Waals surface area contributed by atoms with Gasteiger partial charge in [-0.3, -0.25) is 9.88 Å². The molecule has 3 aromatic rings. The van der Waals surface area contributed by atoms with Crippen LogP contribution in [0.3, 0.4) is 0 Å². The first-order valence-corrected chi connectivity index (χ1v) is 8.03. The highest BCUT2D eigenvalue weighted by atomic mass is 16.5. The van der Waals surface area contributed by atoms with Gasteiger partial charge in [-0.05, 0) is 18.2 Å². The number of nitrogens with two attached hydrogens (primary N) is 1. The Morgan fingerprint density at radius 3 is 2.42 bits per heavy atom. The van der Waals surface area contributed by atoms with Gasteiger partial charge in [-0.2, -0.15) is 0 Å². The number of hydrogen-bond donors (Lipinski definition) is 2. The fourth-order valence-electron chi connectivity index (χ4n) is 3.18. The van der Waals surface area contributed by atoms with Crippen LogP contribution >= 0.6 is 0 Å². The summed E-state index contributed by atoms with van der Waals surface area (Å²) >= 11 is 0. The van der Waals surface area contributed by atoms with Crippen molar-refractivity contribution in [3.05, 3.63) is 42.0 Å². The Bertz CT molecular complexity index is 1010. The van der Waals surface area contributed by atoms with E-state index in [1.54, 1.807) is 27.4 Å². The van der Waals surface area contributed by atoms with Gasteiger partial charge in [-0.25, -0.2) is 9.98 Å². The maximum atomic E-state index is 6.01. The van der Waals surface area contributed by atoms with Crippen LogP contribution in [0.5, 0.6) is 17.2 Å². The zero-order chi connectivity index (χ0) is 18.3. The van der Waals surface area contributed by atoms with Gasteiger partial charge in [0.2, 0.25) is 5.95 Å². The number of para-hydroxylation sites is 2. The van der Waals surface area contributed by atoms with Gasteiger partial charge in [0.15, 0.2) is 23.6 Å². The molecule has 8 heteroatoms. The van der Waals surface area contributed by atoms with Crippen LogP contribution in [0.25, 0.3) is 11.0 Å². The maximum Gasteiger partial charge on any atom is 0.212 e. The lowest BCUT2D eigenvalue weighted by Crippen LogP contribution is -2.31. The van der Waals surface area contributed by atoms with Crippen molar-refractivity contribution >= 4 is 22.9 Å². The van der Waals surface area contributed by atoms with E-state index in [1.807, 2.05) is 34.9 Å². The second kappa shape index (κ2) is 6.14. The monoisotopic (exact) mass is 353 g/mol. The van der Waals surface area contributed by atoms with E-state index in [9.17, 15) is 0 Å². The number of imidazole rings is 1. The van der Waals surface area contributed by atoms with Crippen LogP contribution in [-0.2, 0) is 0 Å². The lowest BCUT2D eigenvalue weighted by atomic mass is 10.1. The lowest BCUT2D eigenvalue weighted by molar-refractivity contribution is 0.345. The third-order valence-electron chi connectivity index (χ3n) is 4.36. The van der Waals surface area contributed by atoms with Crippen molar-refractivity contribution in [2.24, 2.45) is 10.7 Å². The number of fused-ring (bicyclic) bond motifs is 3. The average Bonchev–Trinajstić information content (AvgIpc) is 3.04. The molecule has 1 unspecified atom stereocenters. The molecule has 134 valence electrons. The summed E-state index contributed by atoms with van der Waals surface area (Å²) in [5.74, 6) is 2.70. The molecular weight excluding hydrogens is 334 g/mol. The number of ether oxygens (including phenoxy) is 3. The number of methoxy groups -OCH3 is 3. The molecule has 1 atom stereocenters. The summed E-state index contributed by atoms with van der Waals surface area (Å²) in [7, 11) is 4.77. The number of nitrogens with one attached hydrogen (secondary N) is 1. The quantitative estimate of drug-likeness (QED) is 0.747. The van der Waals surface area contributed by atoms with E-state index in [0.717, 1.165) is 16.6 Å². The van der Waals surface area contributed by atoms with E-state index in [-0.39, 0.29) is 5.96 Å². The lowest BCUT2D eigenvalue weighted by Gasteiger charge is -2.25. The van der Waals surface area contributed by atoms with Gasteiger partial charge in [-0.1, -0.05) is 12.1 Å². The van der Waals surface area contributed by atoms with Crippen LogP contribution in [-0.4, -0.2) is 36.8 Å². The van der Waals surface area contributed by atoms with Crippen LogP contribution in [0.4, 0.5) is 5.95 Å². The normalized spacial score (nSPS) is 15.8. The van der Waals surface area contributed by atoms with Crippen molar-refractivity contribution in [3.8, 4) is 17.2 Å². The highest BCUT2D eigenvalue weighted by Gasteiger charge is 2.28. The van der Waals surface area contributed by atoms with E-state index in [0.29, 0.717) is 23.2 Å². The second-order valence-corrected chi connectivity index (χ2v) is 5.76. The van der Waals surface area contributed by atoms with Crippen molar-refractivity contribution in [3.63, 3.8) is 0 Å². The van der Waals surface area contributed by atoms with Crippen molar-refractivity contribution in [2.75, 3.05) is 26.6 Å². The molecule has 1 aliphatic rings. The number of guanidine groups is 1. The molecule has 2 heterocycles. The molecule has 0 fully saturated rings. The summed E-state index contributed by atoms with van der Waals surface area (Å²) in [6.45, 7) is 0. The van der Waals surface area contributed by atoms with Crippen molar-refractivity contribution in [1.29, 1.82) is 0 Å². The fourth-order valence-corrected chi connectivity index (χ4v) is 3.18. The van der Waals surface area contributed by atoms with E-state index >= 15 is 0 Å². The predicted molar refractivity (Wildman–Crippen MR) is 99.2 cm³/mol. The van der Waals surface area contributed by atoms with Gasteiger partial charge in [0.25, 0.3) is 0 Å². The van der Waals surface area contributed by atoms with E-state index < -0.39 is 6.17 Å². The van der Waals surface area contributed by atoms with Gasteiger partial charge < -0.3 is 19.9 Å². The summed E-state index contributed by atoms with van der Waals surface area (Å²) in [5, 5.41) is 3.02. The Labute approximate surface area is 150 Å². The molecule has 0 amide bonds. The third-order valence-corrected chi connectivity index (χ3v) is 4.36. The average molecular weight is 353 g/mol. The summed E-state index contributed by atoms with van der Waals surface area (Å²) in [6, 6.07) is 11.5. The summed E-state index contributed by atoms with van der Waals surface area (Å²) < 4.78 is 18.4. The number of benzene rings is 2. The molecule has 0 saturated carbocycles. The van der Waals surface area contributed by atoms with Gasteiger partial charge >= 0.3 is 0 Å². The predicted octanol–water partition coefficient (Wildman–Crippen LogP) is 2.35. The molecule has 2 aromatic carbocycles. The fraction of sp³-hybridized carbons (Fsp3) is 0.222. The Balaban J connectivity index is 1.97. The molecule has 0 saturated heterocycles. The smallest absolute Gasteiger partial charge is 0.212 e. The first-order chi connectivity index (χ1) is 12.7. The first kappa shape index (κ1) is 16.1. The van der Waals surface area contributed by atoms with Crippen LogP contribution < -0.4 is 25.3 Å². The summed E-state index contributed by atoms with van der Waals surface area (Å²) in [6.07, 6.45) is -0.451. The largest absolute Gasteiger partial charge is 0.496 e. The number of nitrogens with zero attached hydrogens (tertiary/aromatic N) is 3. The molecular formula is C18H19N5O3. The molecule has 26 heavy (non-hydrogen) atoms. The SMILES string of the molecule is COc1cc(OC)c(C2N=C(N)Nc3nc4ccccc4n32)cc1OC. The Hall–Kier alpha value is -3.42. The Morgan fingerprint density at radius 1 is 1.00 bits per heavy atom. The van der Waals surface area contributed by atoms with Gasteiger partial charge in [0, 0.05) is 11.6 Å². The highest BCUT2D eigenvalue weighted by molar-refractivity contribution is 5.94. The van der Waals surface area contributed by atoms with Gasteiger partial charge in [0.05, 0.1) is 32.4 Å². The molecule has 1 aliphatic heterocycles. The molecule has 4 rings (SSSR count). The molecule has 1 aromatic heterocycles. The van der Waals surface area contributed by atoms with Crippen LogP contribution in [0.1, 0.15) is 11.7 Å². The first-order valence-electron chi connectivity index (χ1n) is 8.03. The Morgan fingerprint density at radius 2 is 1.69 bits per heavy atom. The van der Waals surface area contributed by atoms with Crippen LogP contribution in [0.2, 0.25) is 0 Å². The number of aromatic nitrogens is 2. The number of aliphatic imine (C=N–C) groups is 1. The molecule has 8 nitrogen and oxygen atoms in total. The number of hydrogen-bond acceptors (Lipinski definition) is 7. The maximum absolute atomic E-state index is 6.01. The minimum Gasteiger partial charge on any atom is -0.496 e. The molecule has 0 spiro atoms. The summed E-state index contributed by atoms with van der Waals surface area (Å²) in [5.41, 5.74) is 8.59. The molecule has 3 N–H and O–H groups in total. The van der Waals surface area contributed by atoms with Crippen LogP contribution in [0.15, 0.2) is 41.4 Å². The zero-order valence-electron chi connectivity index (χ0n) is 14.7. The van der Waals surface area contributed by atoms with Crippen molar-refractivity contribution in [2.45, 2.75) is 6.17 Å². The van der Waals surface area contributed by atoms with E-state index in [4.69, 9.17) is 19.9 Å². The van der Waals surface area contributed by atoms with Crippen molar-refractivity contribution < 1.29 is 14.2 Å². The topological polar surface area (TPSA) is 95.9 Å². The number of anilines is 1. The van der Waals surface area contributed by atoms with E-state index in [1.165, 1.54) is 0 Å². The minimum atomic E-state index is -0.451. The third kappa shape index (κ3) is 2.38. The number of rotatable bonds is 4.